The average molecular weight is 474 g/mol. The summed E-state index contributed by atoms with van der Waals surface area (Å²) in [6, 6.07) is 14.7. The molecule has 3 aromatic heterocycles. The molecule has 0 saturated heterocycles. The van der Waals surface area contributed by atoms with Crippen LogP contribution in [0.25, 0.3) is 34.2 Å². The summed E-state index contributed by atoms with van der Waals surface area (Å²) in [6.07, 6.45) is 9.55. The number of fused-ring (bicyclic) bond motifs is 8. The molecule has 5 rings (SSSR count). The van der Waals surface area contributed by atoms with Crippen molar-refractivity contribution in [3.8, 4) is 0 Å². The molecule has 2 aliphatic rings. The predicted molar refractivity (Wildman–Crippen MR) is 128 cm³/mol. The van der Waals surface area contributed by atoms with Gasteiger partial charge in [-0.05, 0) is 31.1 Å². The van der Waals surface area contributed by atoms with Gasteiger partial charge in [0.15, 0.2) is 0 Å². The average Bonchev–Trinajstić information content (AvgIpc) is 3.49. The molecule has 3 aromatic rings. The van der Waals surface area contributed by atoms with Gasteiger partial charge in [0.05, 0.1) is 11.4 Å². The fourth-order valence-electron chi connectivity index (χ4n) is 4.41. The molecule has 4 nitrogen and oxygen atoms in total. The minimum absolute atomic E-state index is 0. The smallest absolute Gasteiger partial charge is 0.658 e. The van der Waals surface area contributed by atoms with Gasteiger partial charge >= 0.3 is 19.5 Å². The topological polar surface area (TPSA) is 54.0 Å². The molecule has 0 saturated carbocycles. The number of unbranched alkanes of at least 4 members (excludes halogenated alkanes) is 2. The summed E-state index contributed by atoms with van der Waals surface area (Å²) in [5.41, 5.74) is 9.19. The summed E-state index contributed by atoms with van der Waals surface area (Å²) in [5, 5.41) is 0. The zero-order valence-corrected chi connectivity index (χ0v) is 22.2. The molecule has 5 heteroatoms. The third-order valence-electron chi connectivity index (χ3n) is 6.13. The molecule has 5 heterocycles. The number of rotatable bonds is 4. The summed E-state index contributed by atoms with van der Waals surface area (Å²) < 4.78 is 0. The van der Waals surface area contributed by atoms with Crippen LogP contribution in [-0.2, 0) is 37.7 Å². The second-order valence-corrected chi connectivity index (χ2v) is 9.22. The van der Waals surface area contributed by atoms with E-state index in [1.807, 2.05) is 12.1 Å². The van der Waals surface area contributed by atoms with Crippen molar-refractivity contribution >= 4 is 34.2 Å². The third-order valence-corrected chi connectivity index (χ3v) is 6.13. The van der Waals surface area contributed by atoms with Crippen molar-refractivity contribution in [2.45, 2.75) is 58.3 Å². The van der Waals surface area contributed by atoms with Crippen LogP contribution < -0.4 is 9.97 Å². The van der Waals surface area contributed by atoms with Crippen molar-refractivity contribution in [1.82, 2.24) is 19.9 Å². The van der Waals surface area contributed by atoms with Gasteiger partial charge in [0.25, 0.3) is 0 Å². The predicted octanol–water partition coefficient (Wildman–Crippen LogP) is 5.99. The van der Waals surface area contributed by atoms with Crippen molar-refractivity contribution in [3.63, 3.8) is 0 Å². The van der Waals surface area contributed by atoms with E-state index < -0.39 is 0 Å². The molecule has 158 valence electrons. The zero-order chi connectivity index (χ0) is 21.4. The Morgan fingerprint density at radius 3 is 2.19 bits per heavy atom. The Hall–Kier alpha value is -2.52. The van der Waals surface area contributed by atoms with E-state index in [1.165, 1.54) is 18.4 Å². The molecular weight excluding hydrogens is 446 g/mol. The van der Waals surface area contributed by atoms with E-state index in [2.05, 4.69) is 63.2 Å². The van der Waals surface area contributed by atoms with Crippen LogP contribution in [0.2, 0.25) is 0 Å². The van der Waals surface area contributed by atoms with Crippen LogP contribution >= 0.6 is 0 Å². The molecule has 0 aromatic carbocycles. The van der Waals surface area contributed by atoms with E-state index in [1.54, 1.807) is 0 Å². The molecule has 0 fully saturated rings. The number of aromatic nitrogens is 4. The second kappa shape index (κ2) is 9.15. The fourth-order valence-corrected chi connectivity index (χ4v) is 4.41. The van der Waals surface area contributed by atoms with E-state index in [-0.39, 0.29) is 24.9 Å². The first-order valence-corrected chi connectivity index (χ1v) is 11.3. The van der Waals surface area contributed by atoms with Crippen molar-refractivity contribution in [3.05, 3.63) is 70.8 Å². The SMILES string of the molecule is CCCCCc1c2ccc(cc3nc(cc4nc(cc5ccc1[n-]5)CC4(C)C)C=C3)[n-]2.[Zn+2]. The number of hydrogen-bond acceptors (Lipinski definition) is 2. The minimum Gasteiger partial charge on any atom is -0.658 e. The summed E-state index contributed by atoms with van der Waals surface area (Å²) in [4.78, 5) is 19.6. The molecular formula is C27H28N4Zn. The summed E-state index contributed by atoms with van der Waals surface area (Å²) in [7, 11) is 0. The number of aryl methyl sites for hydroxylation is 1. The Balaban J connectivity index is 0.00000245. The molecule has 0 unspecified atom stereocenters. The third kappa shape index (κ3) is 4.64. The maximum atomic E-state index is 4.95. The van der Waals surface area contributed by atoms with Crippen LogP contribution in [-0.4, -0.2) is 9.97 Å². The monoisotopic (exact) mass is 472 g/mol. The van der Waals surface area contributed by atoms with E-state index in [0.717, 1.165) is 64.1 Å². The van der Waals surface area contributed by atoms with Crippen LogP contribution in [0, 0.1) is 0 Å². The molecule has 0 amide bonds. The van der Waals surface area contributed by atoms with Gasteiger partial charge in [0.1, 0.15) is 0 Å². The van der Waals surface area contributed by atoms with Gasteiger partial charge in [0.2, 0.25) is 0 Å². The number of nitrogens with zero attached hydrogens (tertiary/aromatic N) is 4. The molecule has 8 bridgehead atoms. The summed E-state index contributed by atoms with van der Waals surface area (Å²) >= 11 is 0. The quantitative estimate of drug-likeness (QED) is 0.270. The largest absolute Gasteiger partial charge is 2.00 e. The van der Waals surface area contributed by atoms with E-state index in [0.29, 0.717) is 0 Å². The molecule has 32 heavy (non-hydrogen) atoms. The van der Waals surface area contributed by atoms with Crippen LogP contribution in [0.1, 0.15) is 68.4 Å². The van der Waals surface area contributed by atoms with Gasteiger partial charge < -0.3 is 9.97 Å². The van der Waals surface area contributed by atoms with Crippen LogP contribution in [0.5, 0.6) is 0 Å². The van der Waals surface area contributed by atoms with Gasteiger partial charge in [0, 0.05) is 23.2 Å². The molecule has 0 N–H and O–H groups in total. The first-order chi connectivity index (χ1) is 15.0. The normalized spacial score (nSPS) is 14.3. The Morgan fingerprint density at radius 1 is 0.844 bits per heavy atom. The summed E-state index contributed by atoms with van der Waals surface area (Å²) in [6.45, 7) is 6.72. The van der Waals surface area contributed by atoms with Crippen molar-refractivity contribution in [2.75, 3.05) is 0 Å². The van der Waals surface area contributed by atoms with E-state index in [4.69, 9.17) is 19.9 Å². The molecule has 0 spiro atoms. The van der Waals surface area contributed by atoms with E-state index >= 15 is 0 Å². The molecule has 0 radical (unpaired) electrons. The maximum Gasteiger partial charge on any atom is 2.00 e. The molecule has 0 aliphatic carbocycles. The van der Waals surface area contributed by atoms with Crippen molar-refractivity contribution < 1.29 is 19.5 Å². The standard InChI is InChI=1S/C27H28N4.Zn/c1-4-5-6-7-23-24-12-10-19(29-24)14-18-8-9-21(28-18)16-26-27(2,3)17-22(31-26)15-20-11-13-25(23)30-20;/h8-16H,4-7,17H2,1-3H3;/q-2;+2. The van der Waals surface area contributed by atoms with Crippen LogP contribution in [0.15, 0.2) is 42.5 Å². The first-order valence-electron chi connectivity index (χ1n) is 11.3. The van der Waals surface area contributed by atoms with Gasteiger partial charge in [-0.15, -0.1) is 22.1 Å². The minimum atomic E-state index is -0.0166. The summed E-state index contributed by atoms with van der Waals surface area (Å²) in [5.74, 6) is 0. The Kier molecular flexibility index (Phi) is 6.48. The second-order valence-electron chi connectivity index (χ2n) is 9.22. The van der Waals surface area contributed by atoms with Crippen LogP contribution in [0.4, 0.5) is 0 Å². The Bertz CT molecular complexity index is 1310. The molecule has 2 aliphatic heterocycles. The van der Waals surface area contributed by atoms with E-state index in [9.17, 15) is 0 Å². The Labute approximate surface area is 202 Å². The fraction of sp³-hybridized carbons (Fsp3) is 0.333. The Morgan fingerprint density at radius 2 is 1.50 bits per heavy atom. The van der Waals surface area contributed by atoms with Gasteiger partial charge in [-0.25, -0.2) is 4.98 Å². The van der Waals surface area contributed by atoms with Gasteiger partial charge in [-0.3, -0.25) is 4.98 Å². The first kappa shape index (κ1) is 22.7. The van der Waals surface area contributed by atoms with Crippen LogP contribution in [0.3, 0.4) is 0 Å². The van der Waals surface area contributed by atoms with Gasteiger partial charge in [-0.2, -0.15) is 0 Å². The zero-order valence-electron chi connectivity index (χ0n) is 19.2. The van der Waals surface area contributed by atoms with Gasteiger partial charge in [-0.1, -0.05) is 75.6 Å². The van der Waals surface area contributed by atoms with Crippen molar-refractivity contribution in [1.29, 1.82) is 0 Å². The van der Waals surface area contributed by atoms with Crippen molar-refractivity contribution in [2.24, 2.45) is 0 Å². The number of hydrogen-bond donors (Lipinski definition) is 0. The molecule has 0 atom stereocenters. The maximum absolute atomic E-state index is 4.95.